The lowest BCUT2D eigenvalue weighted by Gasteiger charge is -2.10. The maximum Gasteiger partial charge on any atom is 0.252 e. The number of rotatable bonds is 7. The van der Waals surface area contributed by atoms with E-state index < -0.39 is 0 Å². The third kappa shape index (κ3) is 4.30. The van der Waals surface area contributed by atoms with Crippen molar-refractivity contribution in [3.63, 3.8) is 0 Å². The summed E-state index contributed by atoms with van der Waals surface area (Å²) >= 11 is 0. The van der Waals surface area contributed by atoms with E-state index in [2.05, 4.69) is 28.6 Å². The molecule has 0 aliphatic carbocycles. The smallest absolute Gasteiger partial charge is 0.252 e. The van der Waals surface area contributed by atoms with Crippen molar-refractivity contribution in [1.29, 1.82) is 0 Å². The lowest BCUT2D eigenvalue weighted by Crippen LogP contribution is -2.26. The molecule has 5 nitrogen and oxygen atoms in total. The predicted molar refractivity (Wildman–Crippen MR) is 87.5 cm³/mol. The van der Waals surface area contributed by atoms with E-state index in [4.69, 9.17) is 4.74 Å². The molecule has 2 rings (SSSR count). The third-order valence-electron chi connectivity index (χ3n) is 3.28. The topological polar surface area (TPSA) is 63.2 Å². The van der Waals surface area contributed by atoms with Crippen LogP contribution in [0.15, 0.2) is 42.6 Å². The second-order valence-corrected chi connectivity index (χ2v) is 4.82. The molecule has 0 atom stereocenters. The van der Waals surface area contributed by atoms with E-state index in [0.717, 1.165) is 12.1 Å². The van der Waals surface area contributed by atoms with Crippen molar-refractivity contribution in [3.8, 4) is 0 Å². The Bertz CT molecular complexity index is 612. The number of ether oxygens (including phenoxy) is 1. The van der Waals surface area contributed by atoms with Crippen molar-refractivity contribution in [2.75, 3.05) is 25.6 Å². The van der Waals surface area contributed by atoms with E-state index in [1.807, 2.05) is 18.2 Å². The fraction of sp³-hybridized carbons (Fsp3) is 0.294. The molecule has 1 aromatic carbocycles. The number of nitrogens with one attached hydrogen (secondary N) is 2. The summed E-state index contributed by atoms with van der Waals surface area (Å²) < 4.78 is 4.90. The monoisotopic (exact) mass is 299 g/mol. The van der Waals surface area contributed by atoms with Gasteiger partial charge in [0, 0.05) is 25.5 Å². The molecule has 2 N–H and O–H groups in total. The zero-order chi connectivity index (χ0) is 15.8. The number of hydrogen-bond donors (Lipinski definition) is 2. The Balaban J connectivity index is 2.01. The van der Waals surface area contributed by atoms with Gasteiger partial charge in [-0.25, -0.2) is 4.98 Å². The number of benzene rings is 1. The van der Waals surface area contributed by atoms with Gasteiger partial charge in [0.25, 0.3) is 5.91 Å². The number of pyridine rings is 1. The van der Waals surface area contributed by atoms with Gasteiger partial charge in [-0.3, -0.25) is 4.79 Å². The van der Waals surface area contributed by atoms with Crippen LogP contribution in [0.25, 0.3) is 0 Å². The second kappa shape index (κ2) is 8.14. The van der Waals surface area contributed by atoms with Gasteiger partial charge >= 0.3 is 0 Å². The Hall–Kier alpha value is -2.40. The highest BCUT2D eigenvalue weighted by Gasteiger charge is 2.06. The number of methoxy groups -OCH3 is 1. The summed E-state index contributed by atoms with van der Waals surface area (Å²) in [5, 5.41) is 6.04. The first-order valence-electron chi connectivity index (χ1n) is 7.32. The van der Waals surface area contributed by atoms with E-state index in [-0.39, 0.29) is 5.91 Å². The fourth-order valence-corrected chi connectivity index (χ4v) is 2.06. The Labute approximate surface area is 130 Å². The van der Waals surface area contributed by atoms with Crippen LogP contribution in [0.3, 0.4) is 0 Å². The van der Waals surface area contributed by atoms with Crippen LogP contribution in [0, 0.1) is 0 Å². The highest BCUT2D eigenvalue weighted by Crippen LogP contribution is 2.19. The normalized spacial score (nSPS) is 10.3. The minimum Gasteiger partial charge on any atom is -0.383 e. The number of carbonyl (C=O) groups excluding carboxylic acids is 1. The maximum atomic E-state index is 11.9. The zero-order valence-electron chi connectivity index (χ0n) is 12.9. The van der Waals surface area contributed by atoms with Crippen molar-refractivity contribution in [2.24, 2.45) is 0 Å². The summed E-state index contributed by atoms with van der Waals surface area (Å²) in [6, 6.07) is 11.7. The number of aryl methyl sites for hydroxylation is 1. The molecular weight excluding hydrogens is 278 g/mol. The van der Waals surface area contributed by atoms with Crippen molar-refractivity contribution in [3.05, 3.63) is 53.7 Å². The molecule has 0 spiro atoms. The van der Waals surface area contributed by atoms with E-state index in [0.29, 0.717) is 24.5 Å². The number of para-hydroxylation sites is 1. The predicted octanol–water partition coefficient (Wildman–Crippen LogP) is 2.76. The molecule has 0 radical (unpaired) electrons. The second-order valence-electron chi connectivity index (χ2n) is 4.82. The molecule has 5 heteroatoms. The van der Waals surface area contributed by atoms with Gasteiger partial charge in [0.1, 0.15) is 5.82 Å². The third-order valence-corrected chi connectivity index (χ3v) is 3.28. The van der Waals surface area contributed by atoms with Gasteiger partial charge in [0.2, 0.25) is 0 Å². The molecule has 116 valence electrons. The molecule has 22 heavy (non-hydrogen) atoms. The summed E-state index contributed by atoms with van der Waals surface area (Å²) in [6.07, 6.45) is 2.52. The van der Waals surface area contributed by atoms with Crippen molar-refractivity contribution < 1.29 is 9.53 Å². The lowest BCUT2D eigenvalue weighted by molar-refractivity contribution is 0.0937. The average molecular weight is 299 g/mol. The molecule has 2 aromatic rings. The van der Waals surface area contributed by atoms with Gasteiger partial charge in [-0.15, -0.1) is 0 Å². The van der Waals surface area contributed by atoms with Crippen molar-refractivity contribution in [2.45, 2.75) is 13.3 Å². The number of amides is 1. The molecular formula is C17H21N3O2. The number of hydrogen-bond acceptors (Lipinski definition) is 4. The lowest BCUT2D eigenvalue weighted by atomic mass is 10.1. The molecule has 0 aliphatic heterocycles. The standard InChI is InChI=1S/C17H21N3O2/c1-3-13-6-4-5-7-15(13)20-16-9-8-14(12-19-16)17(21)18-10-11-22-2/h4-9,12H,3,10-11H2,1-2H3,(H,18,21)(H,19,20). The summed E-state index contributed by atoms with van der Waals surface area (Å²) in [4.78, 5) is 16.2. The van der Waals surface area contributed by atoms with Gasteiger partial charge < -0.3 is 15.4 Å². The van der Waals surface area contributed by atoms with Crippen molar-refractivity contribution in [1.82, 2.24) is 10.3 Å². The van der Waals surface area contributed by atoms with Gasteiger partial charge in [0.05, 0.1) is 12.2 Å². The Morgan fingerprint density at radius 1 is 1.23 bits per heavy atom. The van der Waals surface area contributed by atoms with Crippen molar-refractivity contribution >= 4 is 17.4 Å². The molecule has 1 amide bonds. The quantitative estimate of drug-likeness (QED) is 0.772. The SMILES string of the molecule is CCc1ccccc1Nc1ccc(C(=O)NCCOC)cn1. The van der Waals surface area contributed by atoms with E-state index in [1.54, 1.807) is 25.4 Å². The molecule has 0 fully saturated rings. The Morgan fingerprint density at radius 2 is 2.05 bits per heavy atom. The van der Waals surface area contributed by atoms with Crippen LogP contribution in [0.4, 0.5) is 11.5 Å². The average Bonchev–Trinajstić information content (AvgIpc) is 2.56. The molecule has 0 bridgehead atoms. The van der Waals surface area contributed by atoms with Gasteiger partial charge in [-0.2, -0.15) is 0 Å². The van der Waals surface area contributed by atoms with Gasteiger partial charge in [-0.05, 0) is 30.2 Å². The Morgan fingerprint density at radius 3 is 2.73 bits per heavy atom. The minimum absolute atomic E-state index is 0.148. The Kier molecular flexibility index (Phi) is 5.91. The van der Waals surface area contributed by atoms with Crippen LogP contribution >= 0.6 is 0 Å². The summed E-state index contributed by atoms with van der Waals surface area (Å²) in [5.41, 5.74) is 2.80. The molecule has 1 heterocycles. The van der Waals surface area contributed by atoms with Crippen LogP contribution in [-0.4, -0.2) is 31.2 Å². The van der Waals surface area contributed by atoms with E-state index >= 15 is 0 Å². The van der Waals surface area contributed by atoms with Crippen LogP contribution in [0.2, 0.25) is 0 Å². The molecule has 0 saturated carbocycles. The van der Waals surface area contributed by atoms with Crippen LogP contribution in [0.1, 0.15) is 22.8 Å². The zero-order valence-corrected chi connectivity index (χ0v) is 12.9. The van der Waals surface area contributed by atoms with E-state index in [9.17, 15) is 4.79 Å². The first-order valence-corrected chi connectivity index (χ1v) is 7.32. The largest absolute Gasteiger partial charge is 0.383 e. The highest BCUT2D eigenvalue weighted by atomic mass is 16.5. The minimum atomic E-state index is -0.148. The number of aromatic nitrogens is 1. The number of nitrogens with zero attached hydrogens (tertiary/aromatic N) is 1. The number of carbonyl (C=O) groups is 1. The first kappa shape index (κ1) is 16.0. The summed E-state index contributed by atoms with van der Waals surface area (Å²) in [5.74, 6) is 0.569. The number of anilines is 2. The van der Waals surface area contributed by atoms with E-state index in [1.165, 1.54) is 5.56 Å². The first-order chi connectivity index (χ1) is 10.7. The van der Waals surface area contributed by atoms with Crippen LogP contribution in [-0.2, 0) is 11.2 Å². The molecule has 0 aliphatic rings. The summed E-state index contributed by atoms with van der Waals surface area (Å²) in [6.45, 7) is 3.09. The molecule has 1 aromatic heterocycles. The summed E-state index contributed by atoms with van der Waals surface area (Å²) in [7, 11) is 1.60. The molecule has 0 saturated heterocycles. The maximum absolute atomic E-state index is 11.9. The van der Waals surface area contributed by atoms with Gasteiger partial charge in [0.15, 0.2) is 0 Å². The van der Waals surface area contributed by atoms with Crippen LogP contribution in [0.5, 0.6) is 0 Å². The molecule has 0 unspecified atom stereocenters. The highest BCUT2D eigenvalue weighted by molar-refractivity contribution is 5.94. The fourth-order valence-electron chi connectivity index (χ4n) is 2.06. The van der Waals surface area contributed by atoms with Gasteiger partial charge in [-0.1, -0.05) is 25.1 Å². The van der Waals surface area contributed by atoms with Crippen LogP contribution < -0.4 is 10.6 Å².